The highest BCUT2D eigenvalue weighted by Crippen LogP contribution is 2.31. The van der Waals surface area contributed by atoms with Crippen molar-refractivity contribution in [3.63, 3.8) is 0 Å². The predicted octanol–water partition coefficient (Wildman–Crippen LogP) is 7.30. The molecule has 0 unspecified atom stereocenters. The minimum Gasteiger partial charge on any atom is -0.497 e. The quantitative estimate of drug-likeness (QED) is 0.326. The van der Waals surface area contributed by atoms with E-state index in [1.165, 1.54) is 38.6 Å². The Morgan fingerprint density at radius 2 is 1.46 bits per heavy atom. The van der Waals surface area contributed by atoms with E-state index in [2.05, 4.69) is 79.4 Å². The summed E-state index contributed by atoms with van der Waals surface area (Å²) in [6, 6.07) is 30.3. The minimum atomic E-state index is 0.878. The van der Waals surface area contributed by atoms with Gasteiger partial charge in [-0.05, 0) is 63.6 Å². The van der Waals surface area contributed by atoms with Gasteiger partial charge in [-0.1, -0.05) is 78.9 Å². The monoisotopic (exact) mass is 364 g/mol. The highest BCUT2D eigenvalue weighted by molar-refractivity contribution is 5.97. The van der Waals surface area contributed by atoms with Gasteiger partial charge >= 0.3 is 0 Å². The molecule has 0 saturated heterocycles. The third kappa shape index (κ3) is 3.70. The Bertz CT molecular complexity index is 1090. The second-order valence-electron chi connectivity index (χ2n) is 6.99. The first kappa shape index (κ1) is 18.1. The molecule has 0 heterocycles. The Labute approximate surface area is 166 Å². The van der Waals surface area contributed by atoms with Gasteiger partial charge in [-0.3, -0.25) is 0 Å². The number of benzene rings is 4. The van der Waals surface area contributed by atoms with E-state index in [9.17, 15) is 0 Å². The van der Waals surface area contributed by atoms with Crippen LogP contribution in [0.4, 0.5) is 0 Å². The summed E-state index contributed by atoms with van der Waals surface area (Å²) in [6.07, 6.45) is 4.03. The van der Waals surface area contributed by atoms with Crippen molar-refractivity contribution >= 4 is 10.8 Å². The van der Waals surface area contributed by atoms with Gasteiger partial charge in [-0.2, -0.15) is 0 Å². The van der Waals surface area contributed by atoms with Gasteiger partial charge < -0.3 is 4.74 Å². The van der Waals surface area contributed by atoms with Crippen molar-refractivity contribution in [1.82, 2.24) is 0 Å². The van der Waals surface area contributed by atoms with E-state index in [0.717, 1.165) is 18.6 Å². The molecule has 0 spiro atoms. The third-order valence-electron chi connectivity index (χ3n) is 5.20. The van der Waals surface area contributed by atoms with Gasteiger partial charge in [-0.15, -0.1) is 6.58 Å². The first-order valence-electron chi connectivity index (χ1n) is 9.66. The van der Waals surface area contributed by atoms with Crippen LogP contribution in [-0.2, 0) is 6.42 Å². The summed E-state index contributed by atoms with van der Waals surface area (Å²) >= 11 is 0. The molecule has 0 atom stereocenters. The highest BCUT2D eigenvalue weighted by Gasteiger charge is 2.06. The predicted molar refractivity (Wildman–Crippen MR) is 120 cm³/mol. The Morgan fingerprint density at radius 1 is 0.786 bits per heavy atom. The molecule has 4 rings (SSSR count). The van der Waals surface area contributed by atoms with Gasteiger partial charge in [-0.25, -0.2) is 0 Å². The van der Waals surface area contributed by atoms with Gasteiger partial charge in [0, 0.05) is 0 Å². The molecule has 0 radical (unpaired) electrons. The first-order valence-corrected chi connectivity index (χ1v) is 9.66. The molecule has 1 nitrogen and oxygen atoms in total. The van der Waals surface area contributed by atoms with Crippen LogP contribution in [0.3, 0.4) is 0 Å². The molecule has 0 saturated carbocycles. The SMILES string of the molecule is C=CCCc1ccc2c(-c3ccc(-c4ccc(OC)cc4)cc3)cccc2c1. The van der Waals surface area contributed by atoms with Crippen LogP contribution >= 0.6 is 0 Å². The summed E-state index contributed by atoms with van der Waals surface area (Å²) in [5, 5.41) is 2.58. The average Bonchev–Trinajstić information content (AvgIpc) is 2.77. The molecule has 0 fully saturated rings. The number of methoxy groups -OCH3 is 1. The number of fused-ring (bicyclic) bond motifs is 1. The van der Waals surface area contributed by atoms with Crippen molar-refractivity contribution < 1.29 is 4.74 Å². The average molecular weight is 364 g/mol. The summed E-state index contributed by atoms with van der Waals surface area (Å²) in [5.41, 5.74) is 6.27. The lowest BCUT2D eigenvalue weighted by Crippen LogP contribution is -1.87. The normalized spacial score (nSPS) is 10.8. The summed E-state index contributed by atoms with van der Waals surface area (Å²) in [4.78, 5) is 0. The molecule has 4 aromatic rings. The molecule has 0 aromatic heterocycles. The van der Waals surface area contributed by atoms with E-state index < -0.39 is 0 Å². The van der Waals surface area contributed by atoms with Crippen LogP contribution in [-0.4, -0.2) is 7.11 Å². The fraction of sp³-hybridized carbons (Fsp3) is 0.111. The highest BCUT2D eigenvalue weighted by atomic mass is 16.5. The Kier molecular flexibility index (Phi) is 5.25. The molecule has 0 aliphatic carbocycles. The molecule has 1 heteroatoms. The largest absolute Gasteiger partial charge is 0.497 e. The van der Waals surface area contributed by atoms with Gasteiger partial charge in [0.1, 0.15) is 5.75 Å². The van der Waals surface area contributed by atoms with Gasteiger partial charge in [0.15, 0.2) is 0 Å². The van der Waals surface area contributed by atoms with E-state index in [1.807, 2.05) is 18.2 Å². The van der Waals surface area contributed by atoms with Crippen LogP contribution in [0.2, 0.25) is 0 Å². The standard InChI is InChI=1S/C27H24O/c1-3-4-6-20-9-18-27-24(19-20)7-5-8-26(27)23-12-10-21(11-13-23)22-14-16-25(28-2)17-15-22/h3,5,7-19H,1,4,6H2,2H3. The lowest BCUT2D eigenvalue weighted by molar-refractivity contribution is 0.415. The van der Waals surface area contributed by atoms with Crippen molar-refractivity contribution in [2.45, 2.75) is 12.8 Å². The molecule has 4 aromatic carbocycles. The maximum absolute atomic E-state index is 5.25. The molecule has 28 heavy (non-hydrogen) atoms. The van der Waals surface area contributed by atoms with E-state index in [0.29, 0.717) is 0 Å². The summed E-state index contributed by atoms with van der Waals surface area (Å²) in [5.74, 6) is 0.878. The second kappa shape index (κ2) is 8.14. The van der Waals surface area contributed by atoms with Crippen molar-refractivity contribution in [3.05, 3.63) is 103 Å². The number of allylic oxidation sites excluding steroid dienone is 1. The van der Waals surface area contributed by atoms with Crippen molar-refractivity contribution in [2.24, 2.45) is 0 Å². The van der Waals surface area contributed by atoms with Crippen LogP contribution < -0.4 is 4.74 Å². The zero-order valence-electron chi connectivity index (χ0n) is 16.2. The summed E-state index contributed by atoms with van der Waals surface area (Å²) < 4.78 is 5.25. The van der Waals surface area contributed by atoms with Crippen LogP contribution in [0.5, 0.6) is 5.75 Å². The maximum atomic E-state index is 5.25. The third-order valence-corrected chi connectivity index (χ3v) is 5.20. The number of hydrogen-bond donors (Lipinski definition) is 0. The van der Waals surface area contributed by atoms with Gasteiger partial charge in [0.2, 0.25) is 0 Å². The van der Waals surface area contributed by atoms with Crippen molar-refractivity contribution in [3.8, 4) is 28.0 Å². The number of ether oxygens (including phenoxy) is 1. The molecule has 0 aliphatic heterocycles. The second-order valence-corrected chi connectivity index (χ2v) is 6.99. The fourth-order valence-electron chi connectivity index (χ4n) is 3.63. The van der Waals surface area contributed by atoms with E-state index >= 15 is 0 Å². The van der Waals surface area contributed by atoms with Crippen molar-refractivity contribution in [2.75, 3.05) is 7.11 Å². The molecule has 0 bridgehead atoms. The van der Waals surface area contributed by atoms with Crippen LogP contribution in [0, 0.1) is 0 Å². The zero-order chi connectivity index (χ0) is 19.3. The number of rotatable bonds is 6. The van der Waals surface area contributed by atoms with Gasteiger partial charge in [0.05, 0.1) is 7.11 Å². The topological polar surface area (TPSA) is 9.23 Å². The first-order chi connectivity index (χ1) is 13.8. The van der Waals surface area contributed by atoms with Gasteiger partial charge in [0.25, 0.3) is 0 Å². The smallest absolute Gasteiger partial charge is 0.118 e. The Morgan fingerprint density at radius 3 is 2.14 bits per heavy atom. The summed E-state index contributed by atoms with van der Waals surface area (Å²) in [6.45, 7) is 3.82. The maximum Gasteiger partial charge on any atom is 0.118 e. The number of hydrogen-bond acceptors (Lipinski definition) is 1. The zero-order valence-corrected chi connectivity index (χ0v) is 16.2. The molecular formula is C27H24O. The van der Waals surface area contributed by atoms with Crippen LogP contribution in [0.1, 0.15) is 12.0 Å². The summed E-state index contributed by atoms with van der Waals surface area (Å²) in [7, 11) is 1.69. The minimum absolute atomic E-state index is 0.878. The molecule has 0 aliphatic rings. The Hall–Kier alpha value is -3.32. The van der Waals surface area contributed by atoms with E-state index in [4.69, 9.17) is 4.74 Å². The van der Waals surface area contributed by atoms with Crippen molar-refractivity contribution in [1.29, 1.82) is 0 Å². The van der Waals surface area contributed by atoms with Crippen LogP contribution in [0.15, 0.2) is 97.6 Å². The molecule has 0 N–H and O–H groups in total. The van der Waals surface area contributed by atoms with Crippen LogP contribution in [0.25, 0.3) is 33.0 Å². The molecule has 0 amide bonds. The lowest BCUT2D eigenvalue weighted by Gasteiger charge is -2.10. The van der Waals surface area contributed by atoms with E-state index in [-0.39, 0.29) is 0 Å². The Balaban J connectivity index is 1.66. The lowest BCUT2D eigenvalue weighted by atomic mass is 9.94. The molecule has 138 valence electrons. The van der Waals surface area contributed by atoms with E-state index in [1.54, 1.807) is 7.11 Å². The fourth-order valence-corrected chi connectivity index (χ4v) is 3.63. The molecular weight excluding hydrogens is 340 g/mol. The number of aryl methyl sites for hydroxylation is 1.